The number of allylic oxidation sites excluding steroid dienone is 2. The molecule has 10 nitrogen and oxygen atoms in total. The van der Waals surface area contributed by atoms with Gasteiger partial charge in [0.2, 0.25) is 5.78 Å². The molecule has 1 rings (SSSR count). The molecule has 10 heteroatoms. The first-order valence-corrected chi connectivity index (χ1v) is 4.03. The van der Waals surface area contributed by atoms with Gasteiger partial charge in [-0.05, 0) is 0 Å². The zero-order chi connectivity index (χ0) is 14.0. The maximum atomic E-state index is 11.4. The second kappa shape index (κ2) is 4.23. The van der Waals surface area contributed by atoms with Gasteiger partial charge in [-0.2, -0.15) is 10.5 Å². The molecule has 0 aromatic heterocycles. The highest BCUT2D eigenvalue weighted by molar-refractivity contribution is 6.26. The number of carbonyl (C=O) groups is 2. The van der Waals surface area contributed by atoms with Crippen molar-refractivity contribution in [3.8, 4) is 12.1 Å². The SMILES string of the molecule is N#CC1=C([N+](=O)[O-])C(=O)C([N+](=O)[O-])=C(C#N)C1=O. The molecule has 0 spiro atoms. The maximum absolute atomic E-state index is 11.4. The molecule has 1 aliphatic rings. The summed E-state index contributed by atoms with van der Waals surface area (Å²) < 4.78 is 0. The number of carbonyl (C=O) groups excluding carboxylic acids is 2. The molecule has 0 aromatic rings. The summed E-state index contributed by atoms with van der Waals surface area (Å²) in [4.78, 5) is 41.2. The van der Waals surface area contributed by atoms with Crippen molar-refractivity contribution in [3.63, 3.8) is 0 Å². The lowest BCUT2D eigenvalue weighted by Gasteiger charge is -2.05. The highest BCUT2D eigenvalue weighted by Gasteiger charge is 2.48. The Labute approximate surface area is 97.3 Å². The van der Waals surface area contributed by atoms with E-state index >= 15 is 0 Å². The number of hydrogen-bond donors (Lipinski definition) is 0. The Morgan fingerprint density at radius 2 is 1.17 bits per heavy atom. The lowest BCUT2D eigenvalue weighted by Crippen LogP contribution is -2.30. The summed E-state index contributed by atoms with van der Waals surface area (Å²) in [6.07, 6.45) is 0. The Balaban J connectivity index is 3.72. The van der Waals surface area contributed by atoms with E-state index in [1.165, 1.54) is 0 Å². The van der Waals surface area contributed by atoms with Crippen LogP contribution in [0.25, 0.3) is 0 Å². The number of hydrogen-bond acceptors (Lipinski definition) is 8. The van der Waals surface area contributed by atoms with Crippen molar-refractivity contribution in [2.45, 2.75) is 0 Å². The lowest BCUT2D eigenvalue weighted by atomic mass is 9.92. The summed E-state index contributed by atoms with van der Waals surface area (Å²) in [5.41, 5.74) is -5.36. The minimum atomic E-state index is -1.74. The van der Waals surface area contributed by atoms with Crippen molar-refractivity contribution >= 4 is 11.6 Å². The van der Waals surface area contributed by atoms with Gasteiger partial charge < -0.3 is 0 Å². The minimum Gasteiger partial charge on any atom is -0.286 e. The van der Waals surface area contributed by atoms with E-state index < -0.39 is 44.0 Å². The van der Waals surface area contributed by atoms with Gasteiger partial charge >= 0.3 is 17.2 Å². The molecule has 0 amide bonds. The fraction of sp³-hybridized carbons (Fsp3) is 0. The molecule has 0 saturated heterocycles. The number of nitriles is 2. The third-order valence-corrected chi connectivity index (χ3v) is 1.95. The van der Waals surface area contributed by atoms with Crippen molar-refractivity contribution in [1.29, 1.82) is 10.5 Å². The van der Waals surface area contributed by atoms with Crippen LogP contribution in [-0.2, 0) is 9.59 Å². The molecule has 0 bridgehead atoms. The van der Waals surface area contributed by atoms with E-state index in [-0.39, 0.29) is 0 Å². The summed E-state index contributed by atoms with van der Waals surface area (Å²) in [5.74, 6) is -3.24. The first-order chi connectivity index (χ1) is 8.36. The van der Waals surface area contributed by atoms with Crippen molar-refractivity contribution in [2.24, 2.45) is 0 Å². The van der Waals surface area contributed by atoms with Crippen LogP contribution in [-0.4, -0.2) is 21.4 Å². The van der Waals surface area contributed by atoms with Crippen molar-refractivity contribution in [1.82, 2.24) is 0 Å². The summed E-state index contributed by atoms with van der Waals surface area (Å²) in [6, 6.07) is 2.20. The van der Waals surface area contributed by atoms with Crippen LogP contribution < -0.4 is 0 Å². The Kier molecular flexibility index (Phi) is 2.98. The molecule has 0 heterocycles. The Bertz CT molecular complexity index is 602. The van der Waals surface area contributed by atoms with Crippen molar-refractivity contribution in [2.75, 3.05) is 0 Å². The maximum Gasteiger partial charge on any atom is 0.345 e. The molecule has 0 atom stereocenters. The first-order valence-electron chi connectivity index (χ1n) is 4.03. The van der Waals surface area contributed by atoms with Gasteiger partial charge in [0.05, 0.1) is 9.85 Å². The lowest BCUT2D eigenvalue weighted by molar-refractivity contribution is -0.434. The summed E-state index contributed by atoms with van der Waals surface area (Å²) in [7, 11) is 0. The summed E-state index contributed by atoms with van der Waals surface area (Å²) in [6.45, 7) is 0. The Hall–Kier alpha value is -3.40. The van der Waals surface area contributed by atoms with Gasteiger partial charge in [0, 0.05) is 0 Å². The molecule has 0 saturated carbocycles. The topological polar surface area (TPSA) is 168 Å². The van der Waals surface area contributed by atoms with Crippen LogP contribution in [0.2, 0.25) is 0 Å². The van der Waals surface area contributed by atoms with Gasteiger partial charge in [0.1, 0.15) is 12.1 Å². The molecule has 18 heavy (non-hydrogen) atoms. The standard InChI is InChI=1S/C8N4O6/c9-1-3-5(11(15)16)8(14)6(12(17)18)4(2-10)7(3)13. The molecule has 0 fully saturated rings. The number of nitro groups is 2. The predicted molar refractivity (Wildman–Crippen MR) is 49.3 cm³/mol. The third-order valence-electron chi connectivity index (χ3n) is 1.95. The van der Waals surface area contributed by atoms with Gasteiger partial charge in [0.25, 0.3) is 0 Å². The smallest absolute Gasteiger partial charge is 0.286 e. The molecule has 0 N–H and O–H groups in total. The second-order valence-electron chi connectivity index (χ2n) is 2.84. The van der Waals surface area contributed by atoms with Gasteiger partial charge in [-0.25, -0.2) is 0 Å². The average molecular weight is 248 g/mol. The van der Waals surface area contributed by atoms with Gasteiger partial charge in [-0.3, -0.25) is 29.8 Å². The van der Waals surface area contributed by atoms with E-state index in [0.717, 1.165) is 12.1 Å². The number of Topliss-reactive ketones (excluding diaryl/α,β-unsaturated/α-hetero) is 2. The highest BCUT2D eigenvalue weighted by Crippen LogP contribution is 2.24. The Morgan fingerprint density at radius 3 is 1.39 bits per heavy atom. The first kappa shape index (κ1) is 12.7. The summed E-state index contributed by atoms with van der Waals surface area (Å²) in [5, 5.41) is 38.2. The van der Waals surface area contributed by atoms with Crippen LogP contribution in [0.4, 0.5) is 0 Å². The van der Waals surface area contributed by atoms with Crippen LogP contribution in [0.5, 0.6) is 0 Å². The molecule has 0 radical (unpaired) electrons. The molecule has 0 unspecified atom stereocenters. The quantitative estimate of drug-likeness (QED) is 0.349. The van der Waals surface area contributed by atoms with Crippen LogP contribution in [0.1, 0.15) is 0 Å². The van der Waals surface area contributed by atoms with Gasteiger partial charge in [-0.1, -0.05) is 0 Å². The van der Waals surface area contributed by atoms with Gasteiger partial charge in [-0.15, -0.1) is 0 Å². The van der Waals surface area contributed by atoms with Crippen LogP contribution in [0, 0.1) is 42.9 Å². The van der Waals surface area contributed by atoms with Crippen LogP contribution >= 0.6 is 0 Å². The average Bonchev–Trinajstić information content (AvgIpc) is 2.29. The molecule has 0 aromatic carbocycles. The second-order valence-corrected chi connectivity index (χ2v) is 2.84. The highest BCUT2D eigenvalue weighted by atomic mass is 16.6. The van der Waals surface area contributed by atoms with E-state index in [9.17, 15) is 29.8 Å². The Morgan fingerprint density at radius 1 is 0.833 bits per heavy atom. The summed E-state index contributed by atoms with van der Waals surface area (Å²) >= 11 is 0. The predicted octanol–water partition coefficient (Wildman–Crippen LogP) is -0.753. The van der Waals surface area contributed by atoms with E-state index in [4.69, 9.17) is 10.5 Å². The van der Waals surface area contributed by atoms with Crippen molar-refractivity contribution < 1.29 is 19.4 Å². The number of nitrogens with zero attached hydrogens (tertiary/aromatic N) is 4. The monoisotopic (exact) mass is 248 g/mol. The molecule has 1 aliphatic carbocycles. The molecule has 88 valence electrons. The van der Waals surface area contributed by atoms with Crippen molar-refractivity contribution in [3.05, 3.63) is 42.8 Å². The molecular formula is C8N4O6. The fourth-order valence-corrected chi connectivity index (χ4v) is 1.24. The van der Waals surface area contributed by atoms with E-state index in [0.29, 0.717) is 0 Å². The largest absolute Gasteiger partial charge is 0.345 e. The normalized spacial score (nSPS) is 15.2. The van der Waals surface area contributed by atoms with Crippen LogP contribution in [0.3, 0.4) is 0 Å². The number of rotatable bonds is 2. The van der Waals surface area contributed by atoms with E-state index in [1.54, 1.807) is 0 Å². The third kappa shape index (κ3) is 1.60. The zero-order valence-electron chi connectivity index (χ0n) is 8.24. The van der Waals surface area contributed by atoms with E-state index in [2.05, 4.69) is 0 Å². The molecule has 0 aliphatic heterocycles. The zero-order valence-corrected chi connectivity index (χ0v) is 8.24. The van der Waals surface area contributed by atoms with Gasteiger partial charge in [0.15, 0.2) is 11.1 Å². The van der Waals surface area contributed by atoms with E-state index in [1.807, 2.05) is 0 Å². The minimum absolute atomic E-state index is 1.10. The number of ketones is 2. The fourth-order valence-electron chi connectivity index (χ4n) is 1.24. The molecular weight excluding hydrogens is 248 g/mol. The van der Waals surface area contributed by atoms with Crippen LogP contribution in [0.15, 0.2) is 22.5 Å².